The van der Waals surface area contributed by atoms with Crippen LogP contribution < -0.4 is 4.90 Å². The molecule has 0 amide bonds. The molecule has 2 atom stereocenters. The number of aliphatic hydroxyl groups excluding tert-OH is 1. The first kappa shape index (κ1) is 16.7. The Balaban J connectivity index is 2.05. The van der Waals surface area contributed by atoms with E-state index in [1.807, 2.05) is 13.8 Å². The molecule has 7 heteroatoms. The summed E-state index contributed by atoms with van der Waals surface area (Å²) in [5.41, 5.74) is 1.14. The van der Waals surface area contributed by atoms with Gasteiger partial charge in [0, 0.05) is 18.4 Å². The van der Waals surface area contributed by atoms with Crippen molar-refractivity contribution in [1.29, 1.82) is 0 Å². The number of nitrogens with zero attached hydrogens (tertiary/aromatic N) is 3. The van der Waals surface area contributed by atoms with Gasteiger partial charge in [0.2, 0.25) is 5.95 Å². The number of aliphatic hydroxyl groups is 1. The first-order valence-electron chi connectivity index (χ1n) is 7.68. The molecule has 1 aliphatic heterocycles. The van der Waals surface area contributed by atoms with E-state index < -0.39 is 23.9 Å². The van der Waals surface area contributed by atoms with Crippen molar-refractivity contribution in [2.75, 3.05) is 11.4 Å². The van der Waals surface area contributed by atoms with Gasteiger partial charge >= 0.3 is 6.18 Å². The van der Waals surface area contributed by atoms with Crippen LogP contribution in [0.5, 0.6) is 0 Å². The van der Waals surface area contributed by atoms with Gasteiger partial charge in [0.15, 0.2) is 0 Å². The molecular weight excluding hydrogens is 319 g/mol. The van der Waals surface area contributed by atoms with Crippen LogP contribution in [0.25, 0.3) is 0 Å². The standard InChI is InChI=1S/C17H18F3N3O/c1-10-8-21-16(22-11(10)2)23-9-12(24)7-15(23)13-5-3-4-6-14(13)17(18,19)20/h3-6,8,12,15,24H,7,9H2,1-2H3. The van der Waals surface area contributed by atoms with Crippen LogP contribution in [0, 0.1) is 13.8 Å². The van der Waals surface area contributed by atoms with Gasteiger partial charge in [-0.25, -0.2) is 9.97 Å². The van der Waals surface area contributed by atoms with E-state index in [4.69, 9.17) is 0 Å². The molecule has 3 rings (SSSR count). The maximum atomic E-state index is 13.3. The van der Waals surface area contributed by atoms with Gasteiger partial charge in [0.25, 0.3) is 0 Å². The molecule has 2 aromatic rings. The summed E-state index contributed by atoms with van der Waals surface area (Å²) in [6, 6.07) is 4.86. The van der Waals surface area contributed by atoms with Crippen molar-refractivity contribution in [3.63, 3.8) is 0 Å². The smallest absolute Gasteiger partial charge is 0.391 e. The van der Waals surface area contributed by atoms with Crippen LogP contribution in [0.4, 0.5) is 19.1 Å². The van der Waals surface area contributed by atoms with Crippen molar-refractivity contribution < 1.29 is 18.3 Å². The minimum atomic E-state index is -4.44. The van der Waals surface area contributed by atoms with Crippen molar-refractivity contribution in [3.05, 3.63) is 52.8 Å². The van der Waals surface area contributed by atoms with E-state index in [-0.39, 0.29) is 18.5 Å². The lowest BCUT2D eigenvalue weighted by molar-refractivity contribution is -0.138. The number of rotatable bonds is 2. The predicted octanol–water partition coefficient (Wildman–Crippen LogP) is 3.42. The molecule has 0 spiro atoms. The van der Waals surface area contributed by atoms with Crippen LogP contribution >= 0.6 is 0 Å². The van der Waals surface area contributed by atoms with Gasteiger partial charge in [-0.05, 0) is 37.5 Å². The largest absolute Gasteiger partial charge is 0.416 e. The first-order chi connectivity index (χ1) is 11.3. The number of hydrogen-bond donors (Lipinski definition) is 1. The molecule has 1 saturated heterocycles. The van der Waals surface area contributed by atoms with Crippen LogP contribution in [-0.4, -0.2) is 27.7 Å². The summed E-state index contributed by atoms with van der Waals surface area (Å²) in [5, 5.41) is 10.0. The van der Waals surface area contributed by atoms with Crippen LogP contribution in [0.3, 0.4) is 0 Å². The van der Waals surface area contributed by atoms with E-state index in [0.29, 0.717) is 5.95 Å². The summed E-state index contributed by atoms with van der Waals surface area (Å²) in [6.45, 7) is 3.90. The number of aryl methyl sites for hydroxylation is 2. The molecule has 0 bridgehead atoms. The maximum absolute atomic E-state index is 13.3. The van der Waals surface area contributed by atoms with E-state index in [9.17, 15) is 18.3 Å². The summed E-state index contributed by atoms with van der Waals surface area (Å²) < 4.78 is 40.0. The summed E-state index contributed by atoms with van der Waals surface area (Å²) in [7, 11) is 0. The Bertz CT molecular complexity index is 748. The third kappa shape index (κ3) is 3.08. The lowest BCUT2D eigenvalue weighted by atomic mass is 9.97. The molecule has 1 fully saturated rings. The van der Waals surface area contributed by atoms with Crippen molar-refractivity contribution >= 4 is 5.95 Å². The third-order valence-corrected chi connectivity index (χ3v) is 4.37. The highest BCUT2D eigenvalue weighted by Crippen LogP contribution is 2.41. The molecule has 1 N–H and O–H groups in total. The zero-order valence-electron chi connectivity index (χ0n) is 13.4. The van der Waals surface area contributed by atoms with E-state index in [2.05, 4.69) is 9.97 Å². The summed E-state index contributed by atoms with van der Waals surface area (Å²) >= 11 is 0. The first-order valence-corrected chi connectivity index (χ1v) is 7.68. The van der Waals surface area contributed by atoms with E-state index in [0.717, 1.165) is 17.3 Å². The van der Waals surface area contributed by atoms with Crippen molar-refractivity contribution in [1.82, 2.24) is 9.97 Å². The van der Waals surface area contributed by atoms with Gasteiger partial charge in [-0.2, -0.15) is 13.2 Å². The molecule has 1 aromatic carbocycles. The normalized spacial score (nSPS) is 21.3. The fourth-order valence-corrected chi connectivity index (χ4v) is 3.03. The second-order valence-corrected chi connectivity index (χ2v) is 6.08. The van der Waals surface area contributed by atoms with Gasteiger partial charge in [-0.1, -0.05) is 18.2 Å². The van der Waals surface area contributed by atoms with E-state index in [1.54, 1.807) is 17.2 Å². The quantitative estimate of drug-likeness (QED) is 0.912. The molecule has 4 nitrogen and oxygen atoms in total. The van der Waals surface area contributed by atoms with Crippen LogP contribution in [-0.2, 0) is 6.18 Å². The molecule has 128 valence electrons. The van der Waals surface area contributed by atoms with Crippen LogP contribution in [0.1, 0.15) is 34.8 Å². The van der Waals surface area contributed by atoms with E-state index >= 15 is 0 Å². The van der Waals surface area contributed by atoms with Gasteiger partial charge in [-0.3, -0.25) is 0 Å². The molecule has 24 heavy (non-hydrogen) atoms. The summed E-state index contributed by atoms with van der Waals surface area (Å²) in [5.74, 6) is 0.344. The van der Waals surface area contributed by atoms with Crippen LogP contribution in [0.2, 0.25) is 0 Å². The molecule has 0 radical (unpaired) electrons. The fraction of sp³-hybridized carbons (Fsp3) is 0.412. The number of alkyl halides is 3. The Morgan fingerprint density at radius 3 is 2.58 bits per heavy atom. The Labute approximate surface area is 138 Å². The Morgan fingerprint density at radius 2 is 1.92 bits per heavy atom. The predicted molar refractivity (Wildman–Crippen MR) is 83.7 cm³/mol. The molecule has 1 aliphatic rings. The molecule has 2 unspecified atom stereocenters. The Kier molecular flexibility index (Phi) is 4.21. The lowest BCUT2D eigenvalue weighted by Crippen LogP contribution is -2.28. The Morgan fingerprint density at radius 1 is 1.21 bits per heavy atom. The molecular formula is C17H18F3N3O. The highest BCUT2D eigenvalue weighted by atomic mass is 19.4. The average molecular weight is 337 g/mol. The van der Waals surface area contributed by atoms with Gasteiger partial charge in [0.1, 0.15) is 0 Å². The summed E-state index contributed by atoms with van der Waals surface area (Å²) in [4.78, 5) is 10.3. The number of hydrogen-bond acceptors (Lipinski definition) is 4. The highest BCUT2D eigenvalue weighted by molar-refractivity contribution is 5.44. The number of β-amino-alcohol motifs (C(OH)–C–C–N with tert-alkyl or cyclic N) is 1. The topological polar surface area (TPSA) is 49.2 Å². The molecule has 2 heterocycles. The fourth-order valence-electron chi connectivity index (χ4n) is 3.03. The van der Waals surface area contributed by atoms with Gasteiger partial charge in [0.05, 0.1) is 17.7 Å². The Hall–Kier alpha value is -2.15. The number of halogens is 3. The van der Waals surface area contributed by atoms with Crippen LogP contribution in [0.15, 0.2) is 30.5 Å². The van der Waals surface area contributed by atoms with Gasteiger partial charge in [-0.15, -0.1) is 0 Å². The minimum absolute atomic E-state index is 0.142. The zero-order chi connectivity index (χ0) is 17.5. The molecule has 0 saturated carbocycles. The summed E-state index contributed by atoms with van der Waals surface area (Å²) in [6.07, 6.45) is -3.31. The third-order valence-electron chi connectivity index (χ3n) is 4.37. The average Bonchev–Trinajstić information content (AvgIpc) is 2.91. The highest BCUT2D eigenvalue weighted by Gasteiger charge is 2.40. The zero-order valence-corrected chi connectivity index (χ0v) is 13.4. The minimum Gasteiger partial charge on any atom is -0.391 e. The maximum Gasteiger partial charge on any atom is 0.416 e. The number of aromatic nitrogens is 2. The van der Waals surface area contributed by atoms with Crippen molar-refractivity contribution in [3.8, 4) is 0 Å². The van der Waals surface area contributed by atoms with Gasteiger partial charge < -0.3 is 10.0 Å². The van der Waals surface area contributed by atoms with Crippen molar-refractivity contribution in [2.24, 2.45) is 0 Å². The molecule has 1 aromatic heterocycles. The number of benzene rings is 1. The SMILES string of the molecule is Cc1cnc(N2CC(O)CC2c2ccccc2C(F)(F)F)nc1C. The lowest BCUT2D eigenvalue weighted by Gasteiger charge is -2.27. The van der Waals surface area contributed by atoms with E-state index in [1.165, 1.54) is 12.1 Å². The number of anilines is 1. The second-order valence-electron chi connectivity index (χ2n) is 6.08. The second kappa shape index (κ2) is 6.05. The monoisotopic (exact) mass is 337 g/mol. The van der Waals surface area contributed by atoms with Crippen molar-refractivity contribution in [2.45, 2.75) is 38.6 Å². The molecule has 0 aliphatic carbocycles.